The van der Waals surface area contributed by atoms with Gasteiger partial charge in [0.05, 0.1) is 16.7 Å². The van der Waals surface area contributed by atoms with Crippen LogP contribution in [0.1, 0.15) is 28.5 Å². The molecule has 0 unspecified atom stereocenters. The van der Waals surface area contributed by atoms with Gasteiger partial charge in [0, 0.05) is 51.5 Å². The standard InChI is InChI=1S/C22H25FN6O2/c1-3-15-11-17-18(27-21(15)30)10-14(12-25-17)13-28-6-8-29(9-7-28)19-5-4-16(22(31)24-2)26-20(19)23/h4-5,10-12H,3,6-9,13H2,1-2H3,(H,24,31)(H,27,30). The van der Waals surface area contributed by atoms with E-state index in [-0.39, 0.29) is 11.3 Å². The lowest BCUT2D eigenvalue weighted by Crippen LogP contribution is -2.46. The minimum absolute atomic E-state index is 0.0651. The van der Waals surface area contributed by atoms with E-state index in [2.05, 4.69) is 25.2 Å². The molecule has 0 saturated carbocycles. The molecule has 8 nitrogen and oxygen atoms in total. The van der Waals surface area contributed by atoms with E-state index < -0.39 is 11.9 Å². The van der Waals surface area contributed by atoms with Crippen LogP contribution < -0.4 is 15.8 Å². The molecule has 3 aromatic heterocycles. The van der Waals surface area contributed by atoms with Crippen LogP contribution in [0.25, 0.3) is 11.0 Å². The van der Waals surface area contributed by atoms with Gasteiger partial charge in [0.1, 0.15) is 5.69 Å². The molecular weight excluding hydrogens is 399 g/mol. The molecule has 2 N–H and O–H groups in total. The van der Waals surface area contributed by atoms with E-state index in [9.17, 15) is 14.0 Å². The Labute approximate surface area is 179 Å². The summed E-state index contributed by atoms with van der Waals surface area (Å²) in [4.78, 5) is 39.1. The molecule has 1 aliphatic rings. The Bertz CT molecular complexity index is 1170. The van der Waals surface area contributed by atoms with Crippen molar-refractivity contribution in [2.75, 3.05) is 38.1 Å². The number of rotatable bonds is 5. The highest BCUT2D eigenvalue weighted by atomic mass is 19.1. The highest BCUT2D eigenvalue weighted by Gasteiger charge is 2.21. The van der Waals surface area contributed by atoms with Gasteiger partial charge in [-0.2, -0.15) is 4.39 Å². The minimum atomic E-state index is -0.635. The molecule has 9 heteroatoms. The number of halogens is 1. The van der Waals surface area contributed by atoms with Crippen LogP contribution in [0.4, 0.5) is 10.1 Å². The van der Waals surface area contributed by atoms with Crippen molar-refractivity contribution in [3.8, 4) is 0 Å². The summed E-state index contributed by atoms with van der Waals surface area (Å²) >= 11 is 0. The highest BCUT2D eigenvalue weighted by Crippen LogP contribution is 2.21. The summed E-state index contributed by atoms with van der Waals surface area (Å²) in [6, 6.07) is 6.96. The molecule has 0 aliphatic carbocycles. The molecule has 0 spiro atoms. The Kier molecular flexibility index (Phi) is 5.94. The topological polar surface area (TPSA) is 94.2 Å². The van der Waals surface area contributed by atoms with Crippen LogP contribution in [0.5, 0.6) is 0 Å². The number of aromatic nitrogens is 3. The lowest BCUT2D eigenvalue weighted by Gasteiger charge is -2.36. The average Bonchev–Trinajstić information content (AvgIpc) is 2.78. The number of pyridine rings is 3. The zero-order valence-corrected chi connectivity index (χ0v) is 17.6. The van der Waals surface area contributed by atoms with Gasteiger partial charge in [-0.25, -0.2) is 4.98 Å². The summed E-state index contributed by atoms with van der Waals surface area (Å²) in [5.41, 5.74) is 3.67. The maximum absolute atomic E-state index is 14.4. The van der Waals surface area contributed by atoms with Crippen molar-refractivity contribution < 1.29 is 9.18 Å². The third-order valence-corrected chi connectivity index (χ3v) is 5.61. The summed E-state index contributed by atoms with van der Waals surface area (Å²) in [7, 11) is 1.49. The van der Waals surface area contributed by atoms with Gasteiger partial charge in [-0.1, -0.05) is 6.92 Å². The summed E-state index contributed by atoms with van der Waals surface area (Å²) < 4.78 is 14.4. The Morgan fingerprint density at radius 3 is 2.68 bits per heavy atom. The van der Waals surface area contributed by atoms with Gasteiger partial charge in [0.15, 0.2) is 0 Å². The number of nitrogens with zero attached hydrogens (tertiary/aromatic N) is 4. The smallest absolute Gasteiger partial charge is 0.269 e. The number of carbonyl (C=O) groups is 1. The Morgan fingerprint density at radius 2 is 2.00 bits per heavy atom. The molecule has 0 aromatic carbocycles. The van der Waals surface area contributed by atoms with E-state index in [1.165, 1.54) is 13.1 Å². The summed E-state index contributed by atoms with van der Waals surface area (Å²) in [6.07, 6.45) is 2.51. The van der Waals surface area contributed by atoms with E-state index in [1.54, 1.807) is 6.07 Å². The molecule has 3 aromatic rings. The zero-order valence-electron chi connectivity index (χ0n) is 17.6. The molecule has 1 saturated heterocycles. The summed E-state index contributed by atoms with van der Waals surface area (Å²) in [5.74, 6) is -1.05. The van der Waals surface area contributed by atoms with Gasteiger partial charge in [0.25, 0.3) is 11.5 Å². The number of aryl methyl sites for hydroxylation is 1. The van der Waals surface area contributed by atoms with E-state index in [0.717, 1.165) is 35.2 Å². The fourth-order valence-electron chi connectivity index (χ4n) is 3.84. The lowest BCUT2D eigenvalue weighted by molar-refractivity contribution is 0.0957. The van der Waals surface area contributed by atoms with Crippen molar-refractivity contribution in [3.05, 3.63) is 63.6 Å². The molecular formula is C22H25FN6O2. The van der Waals surface area contributed by atoms with Crippen LogP contribution in [0.3, 0.4) is 0 Å². The quantitative estimate of drug-likeness (QED) is 0.606. The van der Waals surface area contributed by atoms with Crippen LogP contribution in [0.15, 0.2) is 35.3 Å². The Balaban J connectivity index is 1.41. The molecule has 0 bridgehead atoms. The van der Waals surface area contributed by atoms with Gasteiger partial charge >= 0.3 is 0 Å². The van der Waals surface area contributed by atoms with E-state index in [4.69, 9.17) is 0 Å². The maximum atomic E-state index is 14.4. The number of fused-ring (bicyclic) bond motifs is 1. The third kappa shape index (κ3) is 4.41. The largest absolute Gasteiger partial charge is 0.365 e. The second kappa shape index (κ2) is 8.81. The zero-order chi connectivity index (χ0) is 22.0. The first-order chi connectivity index (χ1) is 15.0. The Hall–Kier alpha value is -3.33. The van der Waals surface area contributed by atoms with Crippen LogP contribution >= 0.6 is 0 Å². The van der Waals surface area contributed by atoms with Gasteiger partial charge < -0.3 is 15.2 Å². The normalized spacial score (nSPS) is 14.7. The Morgan fingerprint density at radius 1 is 1.23 bits per heavy atom. The van der Waals surface area contributed by atoms with Crippen LogP contribution in [-0.2, 0) is 13.0 Å². The van der Waals surface area contributed by atoms with Crippen LogP contribution in [0.2, 0.25) is 0 Å². The molecule has 162 valence electrons. The predicted octanol–water partition coefficient (Wildman–Crippen LogP) is 1.70. The molecule has 4 heterocycles. The molecule has 1 aliphatic heterocycles. The molecule has 1 amide bonds. The van der Waals surface area contributed by atoms with Crippen molar-refractivity contribution in [2.45, 2.75) is 19.9 Å². The fourth-order valence-corrected chi connectivity index (χ4v) is 3.84. The number of piperazine rings is 1. The third-order valence-electron chi connectivity index (χ3n) is 5.61. The second-order valence-corrected chi connectivity index (χ2v) is 7.60. The van der Waals surface area contributed by atoms with Crippen LogP contribution in [-0.4, -0.2) is 59.0 Å². The van der Waals surface area contributed by atoms with Gasteiger partial charge in [0.2, 0.25) is 5.95 Å². The SMILES string of the molecule is CCc1cc2ncc(CN3CCN(c4ccc(C(=O)NC)nc4F)CC3)cc2[nH]c1=O. The van der Waals surface area contributed by atoms with E-state index in [1.807, 2.05) is 30.2 Å². The number of hydrogen-bond donors (Lipinski definition) is 2. The number of H-pyrrole nitrogens is 1. The number of hydrogen-bond acceptors (Lipinski definition) is 6. The van der Waals surface area contributed by atoms with Crippen LogP contribution in [0, 0.1) is 5.95 Å². The van der Waals surface area contributed by atoms with Crippen molar-refractivity contribution >= 4 is 22.6 Å². The molecule has 1 fully saturated rings. The van der Waals surface area contributed by atoms with E-state index in [0.29, 0.717) is 31.7 Å². The number of amides is 1. The fraction of sp³-hybridized carbons (Fsp3) is 0.364. The van der Waals surface area contributed by atoms with Crippen molar-refractivity contribution in [1.29, 1.82) is 0 Å². The highest BCUT2D eigenvalue weighted by molar-refractivity contribution is 5.92. The lowest BCUT2D eigenvalue weighted by atomic mass is 10.1. The average molecular weight is 424 g/mol. The van der Waals surface area contributed by atoms with Crippen molar-refractivity contribution in [3.63, 3.8) is 0 Å². The molecule has 31 heavy (non-hydrogen) atoms. The second-order valence-electron chi connectivity index (χ2n) is 7.60. The van der Waals surface area contributed by atoms with E-state index >= 15 is 0 Å². The van der Waals surface area contributed by atoms with Gasteiger partial charge in [-0.05, 0) is 36.2 Å². The summed E-state index contributed by atoms with van der Waals surface area (Å²) in [5, 5.41) is 2.44. The van der Waals surface area contributed by atoms with Crippen molar-refractivity contribution in [1.82, 2.24) is 25.2 Å². The first-order valence-electron chi connectivity index (χ1n) is 10.3. The number of nitrogens with one attached hydrogen (secondary N) is 2. The monoisotopic (exact) mass is 424 g/mol. The maximum Gasteiger partial charge on any atom is 0.269 e. The van der Waals surface area contributed by atoms with Crippen molar-refractivity contribution in [2.24, 2.45) is 0 Å². The number of anilines is 1. The predicted molar refractivity (Wildman–Crippen MR) is 117 cm³/mol. The molecule has 0 atom stereocenters. The first kappa shape index (κ1) is 20.9. The summed E-state index contributed by atoms with van der Waals surface area (Å²) in [6.45, 7) is 5.44. The number of carbonyl (C=O) groups excluding carboxylic acids is 1. The first-order valence-corrected chi connectivity index (χ1v) is 10.3. The minimum Gasteiger partial charge on any atom is -0.365 e. The van der Waals surface area contributed by atoms with Gasteiger partial charge in [-0.15, -0.1) is 0 Å². The van der Waals surface area contributed by atoms with Gasteiger partial charge in [-0.3, -0.25) is 19.5 Å². The molecule has 0 radical (unpaired) electrons. The molecule has 4 rings (SSSR count). The number of aromatic amines is 1.